The van der Waals surface area contributed by atoms with Crippen molar-refractivity contribution in [1.29, 1.82) is 0 Å². The van der Waals surface area contributed by atoms with Crippen LogP contribution in [0.2, 0.25) is 0 Å². The second-order valence-corrected chi connectivity index (χ2v) is 6.60. The molecule has 144 valence electrons. The van der Waals surface area contributed by atoms with Crippen molar-refractivity contribution in [1.82, 2.24) is 9.80 Å². The number of amides is 1. The normalized spacial score (nSPS) is 12.9. The number of benzene rings is 2. The molecule has 0 aliphatic carbocycles. The Hall–Kier alpha value is -2.67. The summed E-state index contributed by atoms with van der Waals surface area (Å²) in [6, 6.07) is 8.51. The Morgan fingerprint density at radius 3 is 2.59 bits per heavy atom. The van der Waals surface area contributed by atoms with Crippen LogP contribution in [0.4, 0.5) is 8.78 Å². The van der Waals surface area contributed by atoms with E-state index in [4.69, 9.17) is 9.47 Å². The highest BCUT2D eigenvalue weighted by Gasteiger charge is 2.25. The zero-order valence-electron chi connectivity index (χ0n) is 15.4. The molecule has 7 heteroatoms. The Labute approximate surface area is 157 Å². The van der Waals surface area contributed by atoms with Crippen LogP contribution in [-0.2, 0) is 6.54 Å². The van der Waals surface area contributed by atoms with Crippen LogP contribution in [0.25, 0.3) is 0 Å². The third kappa shape index (κ3) is 4.54. The molecule has 1 aliphatic heterocycles. The Balaban J connectivity index is 1.89. The Kier molecular flexibility index (Phi) is 5.91. The molecule has 27 heavy (non-hydrogen) atoms. The van der Waals surface area contributed by atoms with E-state index in [1.807, 2.05) is 19.0 Å². The summed E-state index contributed by atoms with van der Waals surface area (Å²) in [6.07, 6.45) is 0. The van der Waals surface area contributed by atoms with Crippen molar-refractivity contribution in [2.45, 2.75) is 6.54 Å². The Morgan fingerprint density at radius 2 is 1.85 bits per heavy atom. The summed E-state index contributed by atoms with van der Waals surface area (Å²) >= 11 is 0. The van der Waals surface area contributed by atoms with Crippen molar-refractivity contribution in [3.8, 4) is 11.5 Å². The molecule has 5 nitrogen and oxygen atoms in total. The number of likely N-dealkylation sites (N-methyl/N-ethyl adjacent to an activating group) is 1. The van der Waals surface area contributed by atoms with E-state index in [2.05, 4.69) is 0 Å². The lowest BCUT2D eigenvalue weighted by Crippen LogP contribution is -2.37. The van der Waals surface area contributed by atoms with Gasteiger partial charge in [-0.15, -0.1) is 0 Å². The number of hydrogen-bond acceptors (Lipinski definition) is 4. The summed E-state index contributed by atoms with van der Waals surface area (Å²) in [5.74, 6) is -0.684. The van der Waals surface area contributed by atoms with Gasteiger partial charge >= 0.3 is 0 Å². The van der Waals surface area contributed by atoms with Gasteiger partial charge in [0.05, 0.1) is 5.56 Å². The van der Waals surface area contributed by atoms with E-state index < -0.39 is 11.6 Å². The van der Waals surface area contributed by atoms with Crippen LogP contribution in [0, 0.1) is 11.6 Å². The second kappa shape index (κ2) is 8.35. The van der Waals surface area contributed by atoms with Gasteiger partial charge in [0.15, 0.2) is 11.5 Å². The van der Waals surface area contributed by atoms with Crippen molar-refractivity contribution in [2.24, 2.45) is 0 Å². The monoisotopic (exact) mass is 376 g/mol. The minimum absolute atomic E-state index is 0.0311. The minimum Gasteiger partial charge on any atom is -0.486 e. The molecule has 0 aromatic heterocycles. The number of nitrogens with zero attached hydrogens (tertiary/aromatic N) is 2. The summed E-state index contributed by atoms with van der Waals surface area (Å²) in [5.41, 5.74) is 0.624. The third-order valence-electron chi connectivity index (χ3n) is 4.28. The summed E-state index contributed by atoms with van der Waals surface area (Å²) in [4.78, 5) is 16.7. The first-order chi connectivity index (χ1) is 13.0. The molecule has 0 radical (unpaired) electrons. The first-order valence-corrected chi connectivity index (χ1v) is 8.72. The van der Waals surface area contributed by atoms with E-state index >= 15 is 0 Å². The number of fused-ring (bicyclic) bond motifs is 1. The number of para-hydroxylation sites is 1. The predicted octanol–water partition coefficient (Wildman–Crippen LogP) is 2.94. The number of carbonyl (C=O) groups excluding carboxylic acids is 1. The molecule has 0 N–H and O–H groups in total. The van der Waals surface area contributed by atoms with Crippen LogP contribution in [0.15, 0.2) is 36.4 Å². The molecule has 1 heterocycles. The molecule has 0 spiro atoms. The van der Waals surface area contributed by atoms with Crippen molar-refractivity contribution >= 4 is 5.91 Å². The third-order valence-corrected chi connectivity index (χ3v) is 4.28. The van der Waals surface area contributed by atoms with Crippen molar-refractivity contribution in [3.63, 3.8) is 0 Å². The molecule has 1 amide bonds. The van der Waals surface area contributed by atoms with Gasteiger partial charge in [0.1, 0.15) is 24.8 Å². The van der Waals surface area contributed by atoms with Crippen LogP contribution >= 0.6 is 0 Å². The smallest absolute Gasteiger partial charge is 0.258 e. The largest absolute Gasteiger partial charge is 0.486 e. The standard InChI is InChI=1S/C20H22F2N2O3/c1-23(2)8-9-24(13-14-6-7-15(21)12-17(14)22)20(25)16-4-3-5-18-19(16)27-11-10-26-18/h3-7,12H,8-11,13H2,1-2H3. The number of ether oxygens (including phenoxy) is 2. The molecule has 0 atom stereocenters. The number of rotatable bonds is 6. The summed E-state index contributed by atoms with van der Waals surface area (Å²) < 4.78 is 38.5. The van der Waals surface area contributed by atoms with Crippen LogP contribution in [0.3, 0.4) is 0 Å². The highest BCUT2D eigenvalue weighted by Crippen LogP contribution is 2.34. The average molecular weight is 376 g/mol. The minimum atomic E-state index is -0.674. The van der Waals surface area contributed by atoms with Gasteiger partial charge in [-0.05, 0) is 32.3 Å². The highest BCUT2D eigenvalue weighted by atomic mass is 19.1. The molecular formula is C20H22F2N2O3. The molecule has 2 aromatic carbocycles. The lowest BCUT2D eigenvalue weighted by molar-refractivity contribution is 0.0720. The molecular weight excluding hydrogens is 354 g/mol. The van der Waals surface area contributed by atoms with Crippen molar-refractivity contribution < 1.29 is 23.0 Å². The molecule has 2 aromatic rings. The first kappa shape index (κ1) is 19.1. The Bertz CT molecular complexity index is 827. The molecule has 0 saturated carbocycles. The fourth-order valence-corrected chi connectivity index (χ4v) is 2.84. The first-order valence-electron chi connectivity index (χ1n) is 8.72. The number of hydrogen-bond donors (Lipinski definition) is 0. The summed E-state index contributed by atoms with van der Waals surface area (Å²) in [7, 11) is 3.78. The summed E-state index contributed by atoms with van der Waals surface area (Å²) in [5, 5.41) is 0. The zero-order chi connectivity index (χ0) is 19.4. The van der Waals surface area contributed by atoms with E-state index in [-0.39, 0.29) is 18.0 Å². The lowest BCUT2D eigenvalue weighted by Gasteiger charge is -2.27. The van der Waals surface area contributed by atoms with Crippen LogP contribution in [0.1, 0.15) is 15.9 Å². The molecule has 0 fully saturated rings. The van der Waals surface area contributed by atoms with E-state index in [1.165, 1.54) is 17.0 Å². The van der Waals surface area contributed by atoms with Gasteiger partial charge in [-0.2, -0.15) is 0 Å². The number of carbonyl (C=O) groups is 1. The molecule has 3 rings (SSSR count). The topological polar surface area (TPSA) is 42.0 Å². The van der Waals surface area contributed by atoms with Crippen molar-refractivity contribution in [2.75, 3.05) is 40.4 Å². The fraction of sp³-hybridized carbons (Fsp3) is 0.350. The van der Waals surface area contributed by atoms with Crippen LogP contribution in [0.5, 0.6) is 11.5 Å². The lowest BCUT2D eigenvalue weighted by atomic mass is 10.1. The second-order valence-electron chi connectivity index (χ2n) is 6.60. The maximum atomic E-state index is 14.1. The van der Waals surface area contributed by atoms with E-state index in [9.17, 15) is 13.6 Å². The van der Waals surface area contributed by atoms with E-state index in [0.717, 1.165) is 6.07 Å². The molecule has 0 bridgehead atoms. The van der Waals surface area contributed by atoms with Gasteiger partial charge < -0.3 is 19.3 Å². The van der Waals surface area contributed by atoms with Gasteiger partial charge in [-0.3, -0.25) is 4.79 Å². The SMILES string of the molecule is CN(C)CCN(Cc1ccc(F)cc1F)C(=O)c1cccc2c1OCCO2. The van der Waals surface area contributed by atoms with Crippen LogP contribution in [-0.4, -0.2) is 56.1 Å². The van der Waals surface area contributed by atoms with Gasteiger partial charge in [0, 0.05) is 31.3 Å². The predicted molar refractivity (Wildman–Crippen MR) is 97.1 cm³/mol. The van der Waals surface area contributed by atoms with Crippen molar-refractivity contribution in [3.05, 3.63) is 59.2 Å². The van der Waals surface area contributed by atoms with E-state index in [1.54, 1.807) is 18.2 Å². The number of halogens is 2. The Morgan fingerprint density at radius 1 is 1.07 bits per heavy atom. The molecule has 0 unspecified atom stereocenters. The van der Waals surface area contributed by atoms with Gasteiger partial charge in [-0.1, -0.05) is 12.1 Å². The zero-order valence-corrected chi connectivity index (χ0v) is 15.4. The quantitative estimate of drug-likeness (QED) is 0.778. The maximum absolute atomic E-state index is 14.1. The molecule has 1 aliphatic rings. The van der Waals surface area contributed by atoms with Gasteiger partial charge in [0.25, 0.3) is 5.91 Å². The fourth-order valence-electron chi connectivity index (χ4n) is 2.84. The maximum Gasteiger partial charge on any atom is 0.258 e. The average Bonchev–Trinajstić information content (AvgIpc) is 2.65. The van der Waals surface area contributed by atoms with Gasteiger partial charge in [0.2, 0.25) is 0 Å². The van der Waals surface area contributed by atoms with E-state index in [0.29, 0.717) is 43.4 Å². The summed E-state index contributed by atoms with van der Waals surface area (Å²) in [6.45, 7) is 1.80. The highest BCUT2D eigenvalue weighted by molar-refractivity contribution is 5.97. The van der Waals surface area contributed by atoms with Gasteiger partial charge in [-0.25, -0.2) is 8.78 Å². The molecule has 0 saturated heterocycles. The van der Waals surface area contributed by atoms with Crippen LogP contribution < -0.4 is 9.47 Å².